The van der Waals surface area contributed by atoms with Gasteiger partial charge in [0.15, 0.2) is 5.69 Å². The first-order valence-electron chi connectivity index (χ1n) is 5.84. The molecule has 0 amide bonds. The summed E-state index contributed by atoms with van der Waals surface area (Å²) in [6.07, 6.45) is 0. The highest BCUT2D eigenvalue weighted by Crippen LogP contribution is 2.23. The van der Waals surface area contributed by atoms with Gasteiger partial charge in [0, 0.05) is 16.3 Å². The molecule has 0 atom stereocenters. The van der Waals surface area contributed by atoms with Crippen LogP contribution in [0.4, 0.5) is 0 Å². The number of aromatic amines is 1. The standard InChI is InChI=1S/C14H12N2O2/c1-2-18-14(17)12-8-7-10-9-5-3-4-6-11(9)15-13(10)16-12/h3-8H,2H2,1H3,(H,15,16). The van der Waals surface area contributed by atoms with E-state index in [9.17, 15) is 4.79 Å². The van der Waals surface area contributed by atoms with E-state index in [0.29, 0.717) is 17.9 Å². The lowest BCUT2D eigenvalue weighted by atomic mass is 10.2. The zero-order valence-corrected chi connectivity index (χ0v) is 9.93. The lowest BCUT2D eigenvalue weighted by Gasteiger charge is -2.00. The summed E-state index contributed by atoms with van der Waals surface area (Å²) in [5.41, 5.74) is 2.05. The molecule has 2 heterocycles. The van der Waals surface area contributed by atoms with Gasteiger partial charge >= 0.3 is 5.97 Å². The Balaban J connectivity index is 2.18. The van der Waals surface area contributed by atoms with Crippen LogP contribution >= 0.6 is 0 Å². The molecular formula is C14H12N2O2. The first-order chi connectivity index (χ1) is 8.79. The van der Waals surface area contributed by atoms with Gasteiger partial charge in [-0.3, -0.25) is 0 Å². The number of ether oxygens (including phenoxy) is 1. The van der Waals surface area contributed by atoms with Crippen LogP contribution in [-0.4, -0.2) is 22.5 Å². The average molecular weight is 240 g/mol. The highest BCUT2D eigenvalue weighted by molar-refractivity contribution is 6.06. The number of carbonyl (C=O) groups excluding carboxylic acids is 1. The summed E-state index contributed by atoms with van der Waals surface area (Å²) in [4.78, 5) is 19.1. The lowest BCUT2D eigenvalue weighted by molar-refractivity contribution is 0.0520. The predicted molar refractivity (Wildman–Crippen MR) is 69.6 cm³/mol. The van der Waals surface area contributed by atoms with E-state index in [1.165, 1.54) is 0 Å². The van der Waals surface area contributed by atoms with Gasteiger partial charge < -0.3 is 9.72 Å². The van der Waals surface area contributed by atoms with E-state index in [2.05, 4.69) is 9.97 Å². The van der Waals surface area contributed by atoms with Crippen LogP contribution in [-0.2, 0) is 4.74 Å². The molecule has 0 spiro atoms. The third kappa shape index (κ3) is 1.62. The van der Waals surface area contributed by atoms with Crippen LogP contribution in [0.2, 0.25) is 0 Å². The minimum absolute atomic E-state index is 0.330. The third-order valence-corrected chi connectivity index (χ3v) is 2.85. The number of fused-ring (bicyclic) bond motifs is 3. The highest BCUT2D eigenvalue weighted by atomic mass is 16.5. The van der Waals surface area contributed by atoms with Gasteiger partial charge in [0.2, 0.25) is 0 Å². The van der Waals surface area contributed by atoms with Crippen LogP contribution in [0.25, 0.3) is 21.9 Å². The Morgan fingerprint density at radius 1 is 1.22 bits per heavy atom. The van der Waals surface area contributed by atoms with Crippen molar-refractivity contribution in [1.29, 1.82) is 0 Å². The second kappa shape index (κ2) is 4.14. The van der Waals surface area contributed by atoms with E-state index in [1.54, 1.807) is 13.0 Å². The van der Waals surface area contributed by atoms with Crippen LogP contribution in [0.1, 0.15) is 17.4 Å². The van der Waals surface area contributed by atoms with Crippen molar-refractivity contribution in [3.8, 4) is 0 Å². The molecule has 2 aromatic heterocycles. The molecule has 0 saturated heterocycles. The first-order valence-corrected chi connectivity index (χ1v) is 5.84. The molecule has 1 aromatic carbocycles. The summed E-state index contributed by atoms with van der Waals surface area (Å²) in [6.45, 7) is 2.13. The molecule has 90 valence electrons. The fourth-order valence-corrected chi connectivity index (χ4v) is 2.05. The SMILES string of the molecule is CCOC(=O)c1ccc2c(n1)[nH]c1ccccc12. The van der Waals surface area contributed by atoms with E-state index < -0.39 is 5.97 Å². The van der Waals surface area contributed by atoms with Gasteiger partial charge in [0.25, 0.3) is 0 Å². The quantitative estimate of drug-likeness (QED) is 0.701. The van der Waals surface area contributed by atoms with Gasteiger partial charge in [-0.15, -0.1) is 0 Å². The highest BCUT2D eigenvalue weighted by Gasteiger charge is 2.11. The zero-order chi connectivity index (χ0) is 12.5. The van der Waals surface area contributed by atoms with Gasteiger partial charge in [-0.05, 0) is 25.1 Å². The second-order valence-corrected chi connectivity index (χ2v) is 3.98. The van der Waals surface area contributed by atoms with Crippen LogP contribution < -0.4 is 0 Å². The number of nitrogens with one attached hydrogen (secondary N) is 1. The van der Waals surface area contributed by atoms with Crippen molar-refractivity contribution < 1.29 is 9.53 Å². The number of rotatable bonds is 2. The fraction of sp³-hybridized carbons (Fsp3) is 0.143. The Kier molecular flexibility index (Phi) is 2.48. The maximum absolute atomic E-state index is 11.6. The van der Waals surface area contributed by atoms with Crippen molar-refractivity contribution in [1.82, 2.24) is 9.97 Å². The number of benzene rings is 1. The van der Waals surface area contributed by atoms with Gasteiger partial charge in [0.1, 0.15) is 5.65 Å². The van der Waals surface area contributed by atoms with Crippen LogP contribution in [0.3, 0.4) is 0 Å². The number of hydrogen-bond donors (Lipinski definition) is 1. The molecule has 3 aromatic rings. The predicted octanol–water partition coefficient (Wildman–Crippen LogP) is 2.89. The average Bonchev–Trinajstić information content (AvgIpc) is 2.76. The number of para-hydroxylation sites is 1. The Labute approximate surface area is 104 Å². The van der Waals surface area contributed by atoms with Crippen LogP contribution in [0.15, 0.2) is 36.4 Å². The number of carbonyl (C=O) groups is 1. The molecule has 0 radical (unpaired) electrons. The van der Waals surface area contributed by atoms with Crippen molar-refractivity contribution in [3.63, 3.8) is 0 Å². The Hall–Kier alpha value is -2.36. The molecule has 0 aliphatic rings. The first kappa shape index (κ1) is 10.8. The van der Waals surface area contributed by atoms with Crippen molar-refractivity contribution in [3.05, 3.63) is 42.1 Å². The Morgan fingerprint density at radius 2 is 2.06 bits per heavy atom. The van der Waals surface area contributed by atoms with Crippen molar-refractivity contribution >= 4 is 27.9 Å². The second-order valence-electron chi connectivity index (χ2n) is 3.98. The summed E-state index contributed by atoms with van der Waals surface area (Å²) in [7, 11) is 0. The Morgan fingerprint density at radius 3 is 2.89 bits per heavy atom. The van der Waals surface area contributed by atoms with Crippen molar-refractivity contribution in [2.75, 3.05) is 6.61 Å². The molecule has 0 saturated carbocycles. The van der Waals surface area contributed by atoms with E-state index in [0.717, 1.165) is 16.3 Å². The van der Waals surface area contributed by atoms with Gasteiger partial charge in [0.05, 0.1) is 6.61 Å². The van der Waals surface area contributed by atoms with Crippen molar-refractivity contribution in [2.24, 2.45) is 0 Å². The summed E-state index contributed by atoms with van der Waals surface area (Å²) in [5, 5.41) is 2.12. The summed E-state index contributed by atoms with van der Waals surface area (Å²) in [5.74, 6) is -0.391. The number of H-pyrrole nitrogens is 1. The summed E-state index contributed by atoms with van der Waals surface area (Å²) in [6, 6.07) is 11.5. The molecule has 3 rings (SSSR count). The van der Waals surface area contributed by atoms with E-state index in [1.807, 2.05) is 30.3 Å². The smallest absolute Gasteiger partial charge is 0.356 e. The number of esters is 1. The number of hydrogen-bond acceptors (Lipinski definition) is 3. The van der Waals surface area contributed by atoms with Gasteiger partial charge in [-0.2, -0.15) is 0 Å². The molecule has 0 unspecified atom stereocenters. The van der Waals surface area contributed by atoms with E-state index in [-0.39, 0.29) is 0 Å². The summed E-state index contributed by atoms with van der Waals surface area (Å²) < 4.78 is 4.94. The molecule has 0 aliphatic carbocycles. The molecule has 0 fully saturated rings. The number of aromatic nitrogens is 2. The van der Waals surface area contributed by atoms with Gasteiger partial charge in [-0.1, -0.05) is 18.2 Å². The normalized spacial score (nSPS) is 10.9. The lowest BCUT2D eigenvalue weighted by Crippen LogP contribution is -2.06. The molecule has 0 aliphatic heterocycles. The maximum Gasteiger partial charge on any atom is 0.356 e. The molecular weight excluding hydrogens is 228 g/mol. The number of nitrogens with zero attached hydrogens (tertiary/aromatic N) is 1. The molecule has 0 bridgehead atoms. The molecule has 1 N–H and O–H groups in total. The van der Waals surface area contributed by atoms with Crippen molar-refractivity contribution in [2.45, 2.75) is 6.92 Å². The summed E-state index contributed by atoms with van der Waals surface area (Å²) >= 11 is 0. The maximum atomic E-state index is 11.6. The van der Waals surface area contributed by atoms with Crippen LogP contribution in [0, 0.1) is 0 Å². The number of pyridine rings is 1. The monoisotopic (exact) mass is 240 g/mol. The Bertz CT molecular complexity index is 731. The molecule has 4 heteroatoms. The minimum Gasteiger partial charge on any atom is -0.461 e. The topological polar surface area (TPSA) is 55.0 Å². The minimum atomic E-state index is -0.391. The fourth-order valence-electron chi connectivity index (χ4n) is 2.05. The zero-order valence-electron chi connectivity index (χ0n) is 9.93. The third-order valence-electron chi connectivity index (χ3n) is 2.85. The van der Waals surface area contributed by atoms with Gasteiger partial charge in [-0.25, -0.2) is 9.78 Å². The van der Waals surface area contributed by atoms with E-state index >= 15 is 0 Å². The largest absolute Gasteiger partial charge is 0.461 e. The van der Waals surface area contributed by atoms with Crippen LogP contribution in [0.5, 0.6) is 0 Å². The van der Waals surface area contributed by atoms with E-state index in [4.69, 9.17) is 4.74 Å². The molecule has 18 heavy (non-hydrogen) atoms. The molecule has 4 nitrogen and oxygen atoms in total.